The first-order valence-electron chi connectivity index (χ1n) is 6.15. The van der Waals surface area contributed by atoms with E-state index in [0.717, 1.165) is 13.1 Å². The summed E-state index contributed by atoms with van der Waals surface area (Å²) in [6.07, 6.45) is 0. The Morgan fingerprint density at radius 1 is 1.25 bits per heavy atom. The van der Waals surface area contributed by atoms with Crippen LogP contribution in [0.3, 0.4) is 0 Å². The lowest BCUT2D eigenvalue weighted by molar-refractivity contribution is -0.147. The highest BCUT2D eigenvalue weighted by atomic mass is 16.5. The number of ether oxygens (including phenoxy) is 1. The molecule has 0 saturated heterocycles. The van der Waals surface area contributed by atoms with Gasteiger partial charge in [0, 0.05) is 6.04 Å². The number of likely N-dealkylation sites (N-methyl/N-ethyl adjacent to an activating group) is 1. The molecule has 0 bridgehead atoms. The lowest BCUT2D eigenvalue weighted by atomic mass is 9.95. The van der Waals surface area contributed by atoms with Gasteiger partial charge in [-0.2, -0.15) is 0 Å². The molecule has 96 valence electrons. The summed E-state index contributed by atoms with van der Waals surface area (Å²) in [5, 5.41) is 0. The first-order chi connectivity index (χ1) is 7.49. The van der Waals surface area contributed by atoms with Crippen molar-refractivity contribution in [2.75, 3.05) is 19.7 Å². The number of nitrogens with zero attached hydrogens (tertiary/aromatic N) is 1. The summed E-state index contributed by atoms with van der Waals surface area (Å²) in [4.78, 5) is 13.9. The third-order valence-electron chi connectivity index (χ3n) is 2.84. The number of esters is 1. The van der Waals surface area contributed by atoms with Crippen LogP contribution in [0.4, 0.5) is 0 Å². The number of nitrogens with two attached hydrogens (primary N) is 1. The molecule has 0 aromatic carbocycles. The van der Waals surface area contributed by atoms with Gasteiger partial charge in [0.25, 0.3) is 0 Å². The third-order valence-corrected chi connectivity index (χ3v) is 2.84. The highest BCUT2D eigenvalue weighted by Gasteiger charge is 2.31. The molecule has 0 aliphatic rings. The Labute approximate surface area is 99.1 Å². The van der Waals surface area contributed by atoms with E-state index in [4.69, 9.17) is 10.5 Å². The molecule has 0 aromatic heterocycles. The Morgan fingerprint density at radius 2 is 1.75 bits per heavy atom. The van der Waals surface area contributed by atoms with Crippen molar-refractivity contribution in [3.63, 3.8) is 0 Å². The van der Waals surface area contributed by atoms with Crippen LogP contribution in [0.5, 0.6) is 0 Å². The monoisotopic (exact) mass is 230 g/mol. The van der Waals surface area contributed by atoms with Gasteiger partial charge < -0.3 is 10.5 Å². The molecule has 0 aromatic rings. The van der Waals surface area contributed by atoms with Crippen molar-refractivity contribution < 1.29 is 9.53 Å². The van der Waals surface area contributed by atoms with Crippen molar-refractivity contribution in [1.29, 1.82) is 0 Å². The topological polar surface area (TPSA) is 55.6 Å². The van der Waals surface area contributed by atoms with E-state index in [0.29, 0.717) is 12.5 Å². The van der Waals surface area contributed by atoms with Crippen LogP contribution in [-0.4, -0.2) is 42.6 Å². The molecule has 16 heavy (non-hydrogen) atoms. The molecule has 0 saturated carbocycles. The van der Waals surface area contributed by atoms with E-state index in [1.54, 1.807) is 6.92 Å². The van der Waals surface area contributed by atoms with Gasteiger partial charge in [-0.1, -0.05) is 27.7 Å². The lowest BCUT2D eigenvalue weighted by Gasteiger charge is -2.35. The predicted molar refractivity (Wildman–Crippen MR) is 66.2 cm³/mol. The van der Waals surface area contributed by atoms with E-state index in [1.165, 1.54) is 0 Å². The normalized spacial score (nSPS) is 15.2. The van der Waals surface area contributed by atoms with Crippen molar-refractivity contribution in [3.8, 4) is 0 Å². The van der Waals surface area contributed by atoms with Gasteiger partial charge in [-0.25, -0.2) is 0 Å². The second-order valence-electron chi connectivity index (χ2n) is 4.23. The highest BCUT2D eigenvalue weighted by Crippen LogP contribution is 2.14. The fourth-order valence-electron chi connectivity index (χ4n) is 2.09. The molecule has 4 nitrogen and oxygen atoms in total. The standard InChI is InChI=1S/C12H26N2O2/c1-6-14(7-2)11(9(4)5)10(13)12(15)16-8-3/h9-11H,6-8,13H2,1-5H3/t10-,11+/m1/s1. The summed E-state index contributed by atoms with van der Waals surface area (Å²) in [7, 11) is 0. The van der Waals surface area contributed by atoms with Crippen LogP contribution < -0.4 is 5.73 Å². The molecular weight excluding hydrogens is 204 g/mol. The molecule has 0 spiro atoms. The van der Waals surface area contributed by atoms with Crippen LogP contribution in [0.25, 0.3) is 0 Å². The molecule has 0 radical (unpaired) electrons. The van der Waals surface area contributed by atoms with Crippen molar-refractivity contribution in [2.24, 2.45) is 11.7 Å². The summed E-state index contributed by atoms with van der Waals surface area (Å²) in [5.41, 5.74) is 5.98. The van der Waals surface area contributed by atoms with Crippen LogP contribution in [0.2, 0.25) is 0 Å². The number of hydrogen-bond acceptors (Lipinski definition) is 4. The summed E-state index contributed by atoms with van der Waals surface area (Å²) in [5.74, 6) is 0.0346. The third kappa shape index (κ3) is 4.10. The quantitative estimate of drug-likeness (QED) is 0.669. The SMILES string of the molecule is CCOC(=O)[C@H](N)[C@H](C(C)C)N(CC)CC. The fourth-order valence-corrected chi connectivity index (χ4v) is 2.09. The minimum Gasteiger partial charge on any atom is -0.465 e. The van der Waals surface area contributed by atoms with Gasteiger partial charge in [-0.3, -0.25) is 9.69 Å². The van der Waals surface area contributed by atoms with E-state index in [1.807, 2.05) is 0 Å². The second kappa shape index (κ2) is 7.63. The van der Waals surface area contributed by atoms with Gasteiger partial charge in [0.05, 0.1) is 6.61 Å². The zero-order valence-electron chi connectivity index (χ0n) is 11.2. The van der Waals surface area contributed by atoms with Crippen LogP contribution in [0, 0.1) is 5.92 Å². The summed E-state index contributed by atoms with van der Waals surface area (Å²) in [6.45, 7) is 12.3. The molecule has 4 heteroatoms. The molecule has 0 fully saturated rings. The highest BCUT2D eigenvalue weighted by molar-refractivity contribution is 5.76. The molecule has 0 aliphatic carbocycles. The summed E-state index contributed by atoms with van der Waals surface area (Å²) in [6, 6.07) is -0.506. The smallest absolute Gasteiger partial charge is 0.324 e. The minimum absolute atomic E-state index is 0.0500. The molecular formula is C12H26N2O2. The maximum Gasteiger partial charge on any atom is 0.324 e. The van der Waals surface area contributed by atoms with Gasteiger partial charge in [0.15, 0.2) is 0 Å². The first kappa shape index (κ1) is 15.4. The summed E-state index contributed by atoms with van der Waals surface area (Å²) < 4.78 is 4.98. The molecule has 0 aliphatic heterocycles. The van der Waals surface area contributed by atoms with Crippen LogP contribution in [0.1, 0.15) is 34.6 Å². The first-order valence-corrected chi connectivity index (χ1v) is 6.15. The van der Waals surface area contributed by atoms with E-state index in [9.17, 15) is 4.79 Å². The van der Waals surface area contributed by atoms with Gasteiger partial charge >= 0.3 is 5.97 Å². The molecule has 0 amide bonds. The largest absolute Gasteiger partial charge is 0.465 e. The van der Waals surface area contributed by atoms with Gasteiger partial charge in [-0.05, 0) is 25.9 Å². The Balaban J connectivity index is 4.69. The number of carbonyl (C=O) groups excluding carboxylic acids is 1. The predicted octanol–water partition coefficient (Wildman–Crippen LogP) is 1.24. The van der Waals surface area contributed by atoms with E-state index < -0.39 is 6.04 Å². The molecule has 0 heterocycles. The van der Waals surface area contributed by atoms with Crippen LogP contribution in [0.15, 0.2) is 0 Å². The zero-order chi connectivity index (χ0) is 12.7. The summed E-state index contributed by atoms with van der Waals surface area (Å²) >= 11 is 0. The average molecular weight is 230 g/mol. The number of carbonyl (C=O) groups is 1. The van der Waals surface area contributed by atoms with E-state index in [-0.39, 0.29) is 12.0 Å². The molecule has 0 rings (SSSR count). The fraction of sp³-hybridized carbons (Fsp3) is 0.917. The van der Waals surface area contributed by atoms with Crippen LogP contribution in [-0.2, 0) is 9.53 Å². The van der Waals surface area contributed by atoms with Crippen molar-refractivity contribution >= 4 is 5.97 Å². The maximum atomic E-state index is 11.7. The Hall–Kier alpha value is -0.610. The van der Waals surface area contributed by atoms with Crippen LogP contribution >= 0.6 is 0 Å². The Morgan fingerprint density at radius 3 is 2.06 bits per heavy atom. The Kier molecular flexibility index (Phi) is 7.34. The minimum atomic E-state index is -0.556. The molecule has 2 atom stereocenters. The van der Waals surface area contributed by atoms with Gasteiger partial charge in [0.1, 0.15) is 6.04 Å². The molecule has 2 N–H and O–H groups in total. The second-order valence-corrected chi connectivity index (χ2v) is 4.23. The average Bonchev–Trinajstić information content (AvgIpc) is 2.24. The van der Waals surface area contributed by atoms with Crippen molar-refractivity contribution in [1.82, 2.24) is 4.90 Å². The molecule has 0 unspecified atom stereocenters. The van der Waals surface area contributed by atoms with Crippen molar-refractivity contribution in [3.05, 3.63) is 0 Å². The lowest BCUT2D eigenvalue weighted by Crippen LogP contribution is -2.54. The van der Waals surface area contributed by atoms with E-state index in [2.05, 4.69) is 32.6 Å². The number of hydrogen-bond donors (Lipinski definition) is 1. The van der Waals surface area contributed by atoms with Gasteiger partial charge in [-0.15, -0.1) is 0 Å². The van der Waals surface area contributed by atoms with Gasteiger partial charge in [0.2, 0.25) is 0 Å². The maximum absolute atomic E-state index is 11.7. The van der Waals surface area contributed by atoms with Crippen molar-refractivity contribution in [2.45, 2.75) is 46.7 Å². The number of rotatable bonds is 7. The van der Waals surface area contributed by atoms with E-state index >= 15 is 0 Å². The Bertz CT molecular complexity index is 203. The zero-order valence-corrected chi connectivity index (χ0v) is 11.2.